The van der Waals surface area contributed by atoms with Gasteiger partial charge in [-0.2, -0.15) is 0 Å². The zero-order valence-corrected chi connectivity index (χ0v) is 14.3. The third-order valence-corrected chi connectivity index (χ3v) is 4.51. The Morgan fingerprint density at radius 1 is 0.963 bits per heavy atom. The molecule has 1 N–H and O–H groups in total. The highest BCUT2D eigenvalue weighted by molar-refractivity contribution is 6.21. The molecule has 7 heteroatoms. The standard InChI is InChI=1S/C20H16N4O3/c25-18-15-8-4-5-9-16(15)19(26)24(18)17(14-6-2-1-3-7-14)12-22-20(27)23-11-10-21-13-23/h1-11,13,17H,12H2,(H,22,27). The van der Waals surface area contributed by atoms with Crippen LogP contribution in [0.5, 0.6) is 0 Å². The van der Waals surface area contributed by atoms with Crippen molar-refractivity contribution in [3.63, 3.8) is 0 Å². The Kier molecular flexibility index (Phi) is 4.25. The van der Waals surface area contributed by atoms with Crippen LogP contribution in [0, 0.1) is 0 Å². The maximum absolute atomic E-state index is 12.9. The molecule has 0 saturated heterocycles. The van der Waals surface area contributed by atoms with E-state index < -0.39 is 6.04 Å². The van der Waals surface area contributed by atoms with E-state index in [1.54, 1.807) is 24.3 Å². The Bertz CT molecular complexity index is 964. The molecule has 2 aromatic carbocycles. The van der Waals surface area contributed by atoms with Crippen LogP contribution in [0.3, 0.4) is 0 Å². The Labute approximate surface area is 155 Å². The van der Waals surface area contributed by atoms with Gasteiger partial charge >= 0.3 is 6.03 Å². The van der Waals surface area contributed by atoms with E-state index in [-0.39, 0.29) is 24.4 Å². The number of imidazole rings is 1. The number of hydrogen-bond donors (Lipinski definition) is 1. The van der Waals surface area contributed by atoms with Gasteiger partial charge in [0, 0.05) is 18.9 Å². The van der Waals surface area contributed by atoms with Crippen molar-refractivity contribution in [2.24, 2.45) is 0 Å². The smallest absolute Gasteiger partial charge is 0.326 e. The Hall–Kier alpha value is -3.74. The summed E-state index contributed by atoms with van der Waals surface area (Å²) in [5, 5.41) is 2.77. The minimum atomic E-state index is -0.619. The van der Waals surface area contributed by atoms with Gasteiger partial charge in [0.15, 0.2) is 0 Å². The molecule has 27 heavy (non-hydrogen) atoms. The monoisotopic (exact) mass is 360 g/mol. The highest BCUT2D eigenvalue weighted by Crippen LogP contribution is 2.31. The van der Waals surface area contributed by atoms with Crippen LogP contribution in [-0.4, -0.2) is 38.8 Å². The molecule has 1 atom stereocenters. The molecule has 3 amide bonds. The fraction of sp³-hybridized carbons (Fsp3) is 0.100. The predicted molar refractivity (Wildman–Crippen MR) is 97.1 cm³/mol. The lowest BCUT2D eigenvalue weighted by atomic mass is 10.1. The van der Waals surface area contributed by atoms with Gasteiger partial charge in [0.2, 0.25) is 0 Å². The van der Waals surface area contributed by atoms with Gasteiger partial charge in [0.1, 0.15) is 6.33 Å². The second-order valence-corrected chi connectivity index (χ2v) is 6.11. The summed E-state index contributed by atoms with van der Waals surface area (Å²) in [5.74, 6) is -0.720. The van der Waals surface area contributed by atoms with E-state index in [1.807, 2.05) is 30.3 Å². The largest absolute Gasteiger partial charge is 0.335 e. The summed E-state index contributed by atoms with van der Waals surface area (Å²) < 4.78 is 1.30. The third-order valence-electron chi connectivity index (χ3n) is 4.51. The second-order valence-electron chi connectivity index (χ2n) is 6.11. The summed E-state index contributed by atoms with van der Waals surface area (Å²) in [7, 11) is 0. The maximum atomic E-state index is 12.9. The number of benzene rings is 2. The summed E-state index contributed by atoms with van der Waals surface area (Å²) in [4.78, 5) is 43.1. The number of fused-ring (bicyclic) bond motifs is 1. The van der Waals surface area contributed by atoms with Gasteiger partial charge in [0.25, 0.3) is 11.8 Å². The number of nitrogens with zero attached hydrogens (tertiary/aromatic N) is 3. The van der Waals surface area contributed by atoms with E-state index in [9.17, 15) is 14.4 Å². The first-order valence-electron chi connectivity index (χ1n) is 8.45. The average Bonchev–Trinajstić information content (AvgIpc) is 3.33. The fourth-order valence-corrected chi connectivity index (χ4v) is 3.18. The number of carbonyl (C=O) groups is 3. The molecular weight excluding hydrogens is 344 g/mol. The van der Waals surface area contributed by atoms with Crippen LogP contribution in [0.15, 0.2) is 73.3 Å². The summed E-state index contributed by atoms with van der Waals surface area (Å²) in [6.45, 7) is 0.0898. The molecule has 0 bridgehead atoms. The molecule has 134 valence electrons. The van der Waals surface area contributed by atoms with Crippen molar-refractivity contribution < 1.29 is 14.4 Å². The van der Waals surface area contributed by atoms with Crippen LogP contribution in [0.2, 0.25) is 0 Å². The molecule has 0 aliphatic carbocycles. The van der Waals surface area contributed by atoms with Gasteiger partial charge in [-0.3, -0.25) is 19.1 Å². The van der Waals surface area contributed by atoms with E-state index in [1.165, 1.54) is 28.2 Å². The van der Waals surface area contributed by atoms with Gasteiger partial charge in [0.05, 0.1) is 17.2 Å². The molecule has 0 radical (unpaired) electrons. The van der Waals surface area contributed by atoms with E-state index in [0.717, 1.165) is 5.56 Å². The van der Waals surface area contributed by atoms with Crippen molar-refractivity contribution in [1.82, 2.24) is 19.8 Å². The number of carbonyl (C=O) groups excluding carboxylic acids is 3. The predicted octanol–water partition coefficient (Wildman–Crippen LogP) is 2.48. The molecule has 4 rings (SSSR count). The summed E-state index contributed by atoms with van der Waals surface area (Å²) in [5.41, 5.74) is 1.52. The fourth-order valence-electron chi connectivity index (χ4n) is 3.18. The Morgan fingerprint density at radius 2 is 1.59 bits per heavy atom. The van der Waals surface area contributed by atoms with Gasteiger partial charge < -0.3 is 5.32 Å². The number of rotatable bonds is 4. The summed E-state index contributed by atoms with van der Waals surface area (Å²) >= 11 is 0. The topological polar surface area (TPSA) is 84.3 Å². The molecule has 1 aromatic heterocycles. The molecule has 0 fully saturated rings. The zero-order valence-electron chi connectivity index (χ0n) is 14.3. The molecule has 1 unspecified atom stereocenters. The first kappa shape index (κ1) is 16.7. The average molecular weight is 360 g/mol. The number of amides is 3. The molecule has 0 saturated carbocycles. The minimum absolute atomic E-state index is 0.0898. The van der Waals surface area contributed by atoms with Crippen molar-refractivity contribution in [2.75, 3.05) is 6.54 Å². The van der Waals surface area contributed by atoms with Gasteiger partial charge in [-0.15, -0.1) is 0 Å². The van der Waals surface area contributed by atoms with E-state index in [0.29, 0.717) is 11.1 Å². The van der Waals surface area contributed by atoms with Gasteiger partial charge in [-0.25, -0.2) is 9.78 Å². The first-order valence-corrected chi connectivity index (χ1v) is 8.45. The Balaban J connectivity index is 1.64. The van der Waals surface area contributed by atoms with E-state index >= 15 is 0 Å². The first-order chi connectivity index (χ1) is 13.2. The second kappa shape index (κ2) is 6.87. The summed E-state index contributed by atoms with van der Waals surface area (Å²) in [6, 6.07) is 14.9. The molecule has 0 spiro atoms. The van der Waals surface area contributed by atoms with Crippen LogP contribution in [0.1, 0.15) is 32.3 Å². The molecular formula is C20H16N4O3. The van der Waals surface area contributed by atoms with Gasteiger partial charge in [-0.1, -0.05) is 42.5 Å². The summed E-state index contributed by atoms with van der Waals surface area (Å²) in [6.07, 6.45) is 4.40. The van der Waals surface area contributed by atoms with Crippen molar-refractivity contribution in [2.45, 2.75) is 6.04 Å². The van der Waals surface area contributed by atoms with Crippen LogP contribution in [0.25, 0.3) is 0 Å². The molecule has 1 aliphatic heterocycles. The quantitative estimate of drug-likeness (QED) is 0.725. The van der Waals surface area contributed by atoms with Gasteiger partial charge in [-0.05, 0) is 17.7 Å². The third kappa shape index (κ3) is 2.99. The SMILES string of the molecule is O=C1c2ccccc2C(=O)N1C(CNC(=O)n1ccnc1)c1ccccc1. The van der Waals surface area contributed by atoms with E-state index in [4.69, 9.17) is 0 Å². The lowest BCUT2D eigenvalue weighted by Gasteiger charge is -2.27. The molecule has 7 nitrogen and oxygen atoms in total. The highest BCUT2D eigenvalue weighted by Gasteiger charge is 2.40. The zero-order chi connectivity index (χ0) is 18.8. The van der Waals surface area contributed by atoms with Crippen LogP contribution in [0.4, 0.5) is 4.79 Å². The Morgan fingerprint density at radius 3 is 2.19 bits per heavy atom. The number of aromatic nitrogens is 2. The molecule has 1 aliphatic rings. The van der Waals surface area contributed by atoms with Crippen LogP contribution >= 0.6 is 0 Å². The number of hydrogen-bond acceptors (Lipinski definition) is 4. The van der Waals surface area contributed by atoms with Crippen molar-refractivity contribution in [3.8, 4) is 0 Å². The van der Waals surface area contributed by atoms with Crippen molar-refractivity contribution in [3.05, 3.63) is 90.0 Å². The van der Waals surface area contributed by atoms with Crippen molar-refractivity contribution >= 4 is 17.8 Å². The van der Waals surface area contributed by atoms with E-state index in [2.05, 4.69) is 10.3 Å². The number of imide groups is 1. The van der Waals surface area contributed by atoms with Crippen LogP contribution in [-0.2, 0) is 0 Å². The van der Waals surface area contributed by atoms with Crippen molar-refractivity contribution in [1.29, 1.82) is 0 Å². The lowest BCUT2D eigenvalue weighted by molar-refractivity contribution is 0.0581. The maximum Gasteiger partial charge on any atom is 0.326 e. The molecule has 2 heterocycles. The van der Waals surface area contributed by atoms with Crippen LogP contribution < -0.4 is 5.32 Å². The minimum Gasteiger partial charge on any atom is -0.335 e. The molecule has 3 aromatic rings. The lowest BCUT2D eigenvalue weighted by Crippen LogP contribution is -2.42. The normalized spacial score (nSPS) is 14.1. The number of nitrogens with one attached hydrogen (secondary N) is 1. The highest BCUT2D eigenvalue weighted by atomic mass is 16.2.